The Morgan fingerprint density at radius 1 is 1.21 bits per heavy atom. The highest BCUT2D eigenvalue weighted by Gasteiger charge is 2.31. The van der Waals surface area contributed by atoms with Crippen LogP contribution in [0.3, 0.4) is 0 Å². The predicted octanol–water partition coefficient (Wildman–Crippen LogP) is 2.70. The number of rotatable bonds is 6. The van der Waals surface area contributed by atoms with Gasteiger partial charge in [0.1, 0.15) is 0 Å². The molecule has 1 amide bonds. The van der Waals surface area contributed by atoms with Crippen LogP contribution in [0.15, 0.2) is 35.3 Å². The van der Waals surface area contributed by atoms with Gasteiger partial charge in [-0.2, -0.15) is 0 Å². The molecule has 2 aliphatic rings. The predicted molar refractivity (Wildman–Crippen MR) is 127 cm³/mol. The topological polar surface area (TPSA) is 60.0 Å². The molecule has 7 heteroatoms. The van der Waals surface area contributed by atoms with Gasteiger partial charge < -0.3 is 20.4 Å². The van der Waals surface area contributed by atoms with Crippen LogP contribution in [0.4, 0.5) is 5.69 Å². The van der Waals surface area contributed by atoms with Gasteiger partial charge in [-0.3, -0.25) is 9.79 Å². The lowest BCUT2D eigenvalue weighted by Crippen LogP contribution is -2.44. The molecule has 1 atom stereocenters. The molecular weight excluding hydrogens is 465 g/mol. The number of hydrogen-bond donors (Lipinski definition) is 2. The Labute approximate surface area is 186 Å². The van der Waals surface area contributed by atoms with Crippen molar-refractivity contribution in [3.05, 3.63) is 30.3 Å². The van der Waals surface area contributed by atoms with Gasteiger partial charge in [0, 0.05) is 31.7 Å². The van der Waals surface area contributed by atoms with E-state index in [4.69, 9.17) is 4.99 Å². The van der Waals surface area contributed by atoms with Crippen molar-refractivity contribution >= 4 is 41.5 Å². The van der Waals surface area contributed by atoms with Crippen LogP contribution >= 0.6 is 24.0 Å². The van der Waals surface area contributed by atoms with Gasteiger partial charge in [-0.05, 0) is 64.4 Å². The van der Waals surface area contributed by atoms with Gasteiger partial charge in [0.05, 0.1) is 6.04 Å². The smallest absolute Gasteiger partial charge is 0.229 e. The maximum absolute atomic E-state index is 12.4. The van der Waals surface area contributed by atoms with Crippen LogP contribution in [0.5, 0.6) is 0 Å². The Morgan fingerprint density at radius 3 is 2.61 bits per heavy atom. The van der Waals surface area contributed by atoms with Crippen molar-refractivity contribution in [2.45, 2.75) is 38.6 Å². The van der Waals surface area contributed by atoms with Crippen molar-refractivity contribution in [2.75, 3.05) is 44.7 Å². The summed E-state index contributed by atoms with van der Waals surface area (Å²) in [7, 11) is 2.20. The molecular formula is C21H34IN5O. The summed E-state index contributed by atoms with van der Waals surface area (Å²) in [4.78, 5) is 21.4. The van der Waals surface area contributed by atoms with Crippen LogP contribution in [-0.4, -0.2) is 62.6 Å². The molecule has 2 fully saturated rings. The van der Waals surface area contributed by atoms with Crippen molar-refractivity contribution in [3.8, 4) is 0 Å². The molecule has 28 heavy (non-hydrogen) atoms. The van der Waals surface area contributed by atoms with E-state index >= 15 is 0 Å². The number of aliphatic imine (C=N–C) groups is 1. The van der Waals surface area contributed by atoms with Crippen molar-refractivity contribution in [2.24, 2.45) is 10.9 Å². The summed E-state index contributed by atoms with van der Waals surface area (Å²) in [6.45, 7) is 6.82. The van der Waals surface area contributed by atoms with Gasteiger partial charge in [-0.1, -0.05) is 18.2 Å². The maximum Gasteiger partial charge on any atom is 0.229 e. The normalized spacial score (nSPS) is 21.5. The molecule has 0 aromatic heterocycles. The maximum atomic E-state index is 12.4. The van der Waals surface area contributed by atoms with Gasteiger partial charge in [0.25, 0.3) is 0 Å². The Hall–Kier alpha value is -1.35. The van der Waals surface area contributed by atoms with Crippen LogP contribution in [0.25, 0.3) is 0 Å². The monoisotopic (exact) mass is 499 g/mol. The zero-order valence-electron chi connectivity index (χ0n) is 17.1. The van der Waals surface area contributed by atoms with E-state index in [1.807, 2.05) is 35.2 Å². The quantitative estimate of drug-likeness (QED) is 0.359. The van der Waals surface area contributed by atoms with Crippen LogP contribution in [0, 0.1) is 5.92 Å². The third-order valence-electron chi connectivity index (χ3n) is 5.52. The minimum atomic E-state index is 0. The molecule has 0 bridgehead atoms. The molecule has 1 aromatic rings. The number of guanidine groups is 1. The number of piperidine rings is 1. The first kappa shape index (κ1) is 22.9. The van der Waals surface area contributed by atoms with E-state index in [2.05, 4.69) is 29.5 Å². The standard InChI is InChI=1S/C21H33N5O.HI/c1-3-22-21(23-12-9-17-10-13-25(2)14-11-17)24-18-15-20(27)26(16-18)19-7-5-4-6-8-19;/h4-8,17-18H,3,9-16H2,1-2H3,(H2,22,23,24);1H. The first-order chi connectivity index (χ1) is 13.2. The van der Waals surface area contributed by atoms with Crippen molar-refractivity contribution in [1.29, 1.82) is 0 Å². The van der Waals surface area contributed by atoms with E-state index < -0.39 is 0 Å². The highest BCUT2D eigenvalue weighted by molar-refractivity contribution is 14.0. The largest absolute Gasteiger partial charge is 0.357 e. The van der Waals surface area contributed by atoms with Gasteiger partial charge >= 0.3 is 0 Å². The first-order valence-corrected chi connectivity index (χ1v) is 10.2. The second-order valence-electron chi connectivity index (χ2n) is 7.68. The fourth-order valence-electron chi connectivity index (χ4n) is 3.88. The molecule has 1 aromatic carbocycles. The number of para-hydroxylation sites is 1. The second-order valence-corrected chi connectivity index (χ2v) is 7.68. The molecule has 0 saturated carbocycles. The Morgan fingerprint density at radius 2 is 1.93 bits per heavy atom. The fourth-order valence-corrected chi connectivity index (χ4v) is 3.88. The van der Waals surface area contributed by atoms with Gasteiger partial charge in [0.15, 0.2) is 5.96 Å². The molecule has 156 valence electrons. The average molecular weight is 499 g/mol. The van der Waals surface area contributed by atoms with Crippen LogP contribution < -0.4 is 15.5 Å². The molecule has 0 spiro atoms. The molecule has 2 aliphatic heterocycles. The lowest BCUT2D eigenvalue weighted by Gasteiger charge is -2.28. The van der Waals surface area contributed by atoms with Gasteiger partial charge in [-0.25, -0.2) is 0 Å². The van der Waals surface area contributed by atoms with Crippen LogP contribution in [0.1, 0.15) is 32.6 Å². The lowest BCUT2D eigenvalue weighted by molar-refractivity contribution is -0.117. The number of amides is 1. The highest BCUT2D eigenvalue weighted by atomic mass is 127. The van der Waals surface area contributed by atoms with Crippen molar-refractivity contribution < 1.29 is 4.79 Å². The summed E-state index contributed by atoms with van der Waals surface area (Å²) in [6.07, 6.45) is 4.21. The van der Waals surface area contributed by atoms with Gasteiger partial charge in [0.2, 0.25) is 5.91 Å². The van der Waals surface area contributed by atoms with Crippen LogP contribution in [-0.2, 0) is 4.79 Å². The molecule has 0 radical (unpaired) electrons. The van der Waals surface area contributed by atoms with E-state index in [1.165, 1.54) is 25.9 Å². The number of likely N-dealkylation sites (tertiary alicyclic amines) is 1. The van der Waals surface area contributed by atoms with Gasteiger partial charge in [-0.15, -0.1) is 24.0 Å². The number of nitrogens with one attached hydrogen (secondary N) is 2. The zero-order chi connectivity index (χ0) is 19.1. The minimum Gasteiger partial charge on any atom is -0.357 e. The minimum absolute atomic E-state index is 0. The number of halogens is 1. The number of anilines is 1. The summed E-state index contributed by atoms with van der Waals surface area (Å²) >= 11 is 0. The van der Waals surface area contributed by atoms with Crippen molar-refractivity contribution in [3.63, 3.8) is 0 Å². The van der Waals surface area contributed by atoms with E-state index in [9.17, 15) is 4.79 Å². The summed E-state index contributed by atoms with van der Waals surface area (Å²) in [5.74, 6) is 1.79. The summed E-state index contributed by atoms with van der Waals surface area (Å²) in [6, 6.07) is 9.98. The van der Waals surface area contributed by atoms with E-state index in [0.29, 0.717) is 13.0 Å². The number of nitrogens with zero attached hydrogens (tertiary/aromatic N) is 3. The molecule has 1 unspecified atom stereocenters. The zero-order valence-corrected chi connectivity index (χ0v) is 19.4. The van der Waals surface area contributed by atoms with E-state index in [-0.39, 0.29) is 35.9 Å². The van der Waals surface area contributed by atoms with Crippen molar-refractivity contribution in [1.82, 2.24) is 15.5 Å². The average Bonchev–Trinajstić information content (AvgIpc) is 3.04. The Balaban J connectivity index is 0.00000280. The number of carbonyl (C=O) groups is 1. The molecule has 2 saturated heterocycles. The number of carbonyl (C=O) groups excluding carboxylic acids is 1. The lowest BCUT2D eigenvalue weighted by atomic mass is 9.94. The SMILES string of the molecule is CCNC(=NCCC1CCN(C)CC1)NC1CC(=O)N(c2ccccc2)C1.I. The fraction of sp³-hybridized carbons (Fsp3) is 0.619. The molecule has 2 N–H and O–H groups in total. The second kappa shape index (κ2) is 11.6. The summed E-state index contributed by atoms with van der Waals surface area (Å²) < 4.78 is 0. The first-order valence-electron chi connectivity index (χ1n) is 10.2. The Kier molecular flexibility index (Phi) is 9.50. The number of benzene rings is 1. The van der Waals surface area contributed by atoms with Crippen LogP contribution in [0.2, 0.25) is 0 Å². The molecule has 0 aliphatic carbocycles. The molecule has 6 nitrogen and oxygen atoms in total. The molecule has 3 rings (SSSR count). The molecule has 2 heterocycles. The highest BCUT2D eigenvalue weighted by Crippen LogP contribution is 2.21. The third-order valence-corrected chi connectivity index (χ3v) is 5.52. The summed E-state index contributed by atoms with van der Waals surface area (Å²) in [5, 5.41) is 6.78. The third kappa shape index (κ3) is 6.62. The van der Waals surface area contributed by atoms with E-state index in [1.54, 1.807) is 0 Å². The Bertz CT molecular complexity index is 631. The van der Waals surface area contributed by atoms with E-state index in [0.717, 1.165) is 37.1 Å². The number of hydrogen-bond acceptors (Lipinski definition) is 3. The summed E-state index contributed by atoms with van der Waals surface area (Å²) in [5.41, 5.74) is 0.969.